The summed E-state index contributed by atoms with van der Waals surface area (Å²) in [6.07, 6.45) is 1.56. The van der Waals surface area contributed by atoms with Gasteiger partial charge in [-0.2, -0.15) is 0 Å². The van der Waals surface area contributed by atoms with E-state index in [2.05, 4.69) is 35.0 Å². The number of carbonyl (C=O) groups is 1. The highest BCUT2D eigenvalue weighted by Gasteiger charge is 2.17. The molecule has 0 aliphatic rings. The summed E-state index contributed by atoms with van der Waals surface area (Å²) < 4.78 is 12.0. The third-order valence-electron chi connectivity index (χ3n) is 3.93. The van der Waals surface area contributed by atoms with Crippen molar-refractivity contribution in [2.24, 2.45) is 0 Å². The summed E-state index contributed by atoms with van der Waals surface area (Å²) in [4.78, 5) is 11.1. The molecular formula is C21H23BrO4. The van der Waals surface area contributed by atoms with Gasteiger partial charge >= 0.3 is 5.97 Å². The van der Waals surface area contributed by atoms with Gasteiger partial charge in [0.15, 0.2) is 6.10 Å². The number of benzene rings is 2. The molecule has 0 aliphatic heterocycles. The van der Waals surface area contributed by atoms with Crippen LogP contribution in [-0.4, -0.2) is 30.4 Å². The molecule has 5 heteroatoms. The van der Waals surface area contributed by atoms with Gasteiger partial charge in [-0.1, -0.05) is 40.2 Å². The Kier molecular flexibility index (Phi) is 7.88. The number of rotatable bonds is 9. The number of carboxylic acids is 1. The Labute approximate surface area is 162 Å². The number of allylic oxidation sites excluding steroid dienone is 1. The topological polar surface area (TPSA) is 55.8 Å². The summed E-state index contributed by atoms with van der Waals surface area (Å²) in [5, 5.41) is 9.14. The van der Waals surface area contributed by atoms with Crippen molar-refractivity contribution in [2.45, 2.75) is 26.4 Å². The normalized spacial score (nSPS) is 12.7. The quantitative estimate of drug-likeness (QED) is 0.624. The number of aliphatic carboxylic acids is 1. The Hall–Kier alpha value is -2.11. The standard InChI is InChI=1S/C21H23BrO4/c1-3-25-20(21(23)24)14-16-4-10-19(11-5-16)26-13-12-15(2)17-6-8-18(22)9-7-17/h4-12,20H,3,13-14H2,1-2H3,(H,23,24)/b15-12+/t20-/m0/s1. The molecule has 0 saturated carbocycles. The van der Waals surface area contributed by atoms with Crippen LogP contribution in [0.4, 0.5) is 0 Å². The molecule has 0 aliphatic carbocycles. The summed E-state index contributed by atoms with van der Waals surface area (Å²) >= 11 is 3.43. The van der Waals surface area contributed by atoms with Crippen LogP contribution in [-0.2, 0) is 16.0 Å². The molecule has 0 fully saturated rings. The molecule has 1 atom stereocenters. The van der Waals surface area contributed by atoms with Crippen LogP contribution < -0.4 is 4.74 Å². The molecule has 0 amide bonds. The lowest BCUT2D eigenvalue weighted by Gasteiger charge is -2.12. The number of hydrogen-bond acceptors (Lipinski definition) is 3. The Balaban J connectivity index is 1.89. The molecule has 2 rings (SSSR count). The van der Waals surface area contributed by atoms with E-state index in [1.165, 1.54) is 0 Å². The first-order valence-electron chi connectivity index (χ1n) is 8.48. The van der Waals surface area contributed by atoms with Gasteiger partial charge in [0, 0.05) is 17.5 Å². The molecule has 26 heavy (non-hydrogen) atoms. The third kappa shape index (κ3) is 6.32. The molecule has 0 bridgehead atoms. The van der Waals surface area contributed by atoms with E-state index >= 15 is 0 Å². The Morgan fingerprint density at radius 1 is 1.15 bits per heavy atom. The van der Waals surface area contributed by atoms with Crippen molar-refractivity contribution in [1.29, 1.82) is 0 Å². The highest BCUT2D eigenvalue weighted by Crippen LogP contribution is 2.18. The molecule has 0 radical (unpaired) electrons. The Morgan fingerprint density at radius 3 is 2.38 bits per heavy atom. The molecule has 0 aromatic heterocycles. The fourth-order valence-electron chi connectivity index (χ4n) is 2.45. The van der Waals surface area contributed by atoms with Crippen molar-refractivity contribution >= 4 is 27.5 Å². The summed E-state index contributed by atoms with van der Waals surface area (Å²) in [7, 11) is 0. The molecule has 138 valence electrons. The van der Waals surface area contributed by atoms with Gasteiger partial charge in [0.05, 0.1) is 0 Å². The maximum Gasteiger partial charge on any atom is 0.333 e. The number of carboxylic acid groups (broad SMARTS) is 1. The molecule has 4 nitrogen and oxygen atoms in total. The van der Waals surface area contributed by atoms with Crippen LogP contribution in [0.1, 0.15) is 25.0 Å². The lowest BCUT2D eigenvalue weighted by Crippen LogP contribution is -2.26. The van der Waals surface area contributed by atoms with Crippen molar-refractivity contribution in [1.82, 2.24) is 0 Å². The zero-order valence-electron chi connectivity index (χ0n) is 14.9. The van der Waals surface area contributed by atoms with Gasteiger partial charge < -0.3 is 14.6 Å². The van der Waals surface area contributed by atoms with Crippen LogP contribution in [0, 0.1) is 0 Å². The average molecular weight is 419 g/mol. The first kappa shape index (κ1) is 20.2. The molecule has 0 heterocycles. The SMILES string of the molecule is CCO[C@@H](Cc1ccc(OC/C=C(\C)c2ccc(Br)cc2)cc1)C(=O)O. The fourth-order valence-corrected chi connectivity index (χ4v) is 2.71. The Bertz CT molecular complexity index is 736. The zero-order valence-corrected chi connectivity index (χ0v) is 16.5. The molecule has 2 aromatic carbocycles. The van der Waals surface area contributed by atoms with Gasteiger partial charge in [0.1, 0.15) is 12.4 Å². The van der Waals surface area contributed by atoms with E-state index in [1.807, 2.05) is 42.5 Å². The monoisotopic (exact) mass is 418 g/mol. The average Bonchev–Trinajstić information content (AvgIpc) is 2.63. The highest BCUT2D eigenvalue weighted by molar-refractivity contribution is 9.10. The molecule has 1 N–H and O–H groups in total. The van der Waals surface area contributed by atoms with Gasteiger partial charge in [0.25, 0.3) is 0 Å². The first-order valence-corrected chi connectivity index (χ1v) is 9.27. The van der Waals surface area contributed by atoms with Crippen molar-refractivity contribution < 1.29 is 19.4 Å². The summed E-state index contributed by atoms with van der Waals surface area (Å²) in [6, 6.07) is 15.6. The van der Waals surface area contributed by atoms with Gasteiger partial charge in [-0.05, 0) is 60.9 Å². The minimum Gasteiger partial charge on any atom is -0.490 e. The number of hydrogen-bond donors (Lipinski definition) is 1. The van der Waals surface area contributed by atoms with Gasteiger partial charge in [-0.15, -0.1) is 0 Å². The van der Waals surface area contributed by atoms with Crippen molar-refractivity contribution in [2.75, 3.05) is 13.2 Å². The maximum atomic E-state index is 11.1. The van der Waals surface area contributed by atoms with Crippen LogP contribution in [0.3, 0.4) is 0 Å². The maximum absolute atomic E-state index is 11.1. The minimum absolute atomic E-state index is 0.339. The fraction of sp³-hybridized carbons (Fsp3) is 0.286. The Morgan fingerprint density at radius 2 is 1.81 bits per heavy atom. The van der Waals surface area contributed by atoms with E-state index in [0.717, 1.165) is 26.9 Å². The molecule has 0 unspecified atom stereocenters. The largest absolute Gasteiger partial charge is 0.490 e. The van der Waals surface area contributed by atoms with E-state index in [1.54, 1.807) is 6.92 Å². The van der Waals surface area contributed by atoms with Gasteiger partial charge in [-0.3, -0.25) is 0 Å². The molecule has 0 saturated heterocycles. The van der Waals surface area contributed by atoms with Gasteiger partial charge in [-0.25, -0.2) is 4.79 Å². The summed E-state index contributed by atoms with van der Waals surface area (Å²) in [6.45, 7) is 4.69. The predicted molar refractivity (Wildman–Crippen MR) is 106 cm³/mol. The molecule has 0 spiro atoms. The third-order valence-corrected chi connectivity index (χ3v) is 4.46. The number of halogens is 1. The van der Waals surface area contributed by atoms with E-state index < -0.39 is 12.1 Å². The predicted octanol–water partition coefficient (Wildman–Crippen LogP) is 4.96. The lowest BCUT2D eigenvalue weighted by atomic mass is 10.1. The van der Waals surface area contributed by atoms with E-state index in [-0.39, 0.29) is 0 Å². The first-order chi connectivity index (χ1) is 12.5. The smallest absolute Gasteiger partial charge is 0.333 e. The van der Waals surface area contributed by atoms with Crippen LogP contribution in [0.2, 0.25) is 0 Å². The van der Waals surface area contributed by atoms with Crippen molar-refractivity contribution in [3.05, 3.63) is 70.2 Å². The van der Waals surface area contributed by atoms with Crippen LogP contribution >= 0.6 is 15.9 Å². The van der Waals surface area contributed by atoms with Crippen LogP contribution in [0.15, 0.2) is 59.1 Å². The van der Waals surface area contributed by atoms with E-state index in [4.69, 9.17) is 14.6 Å². The lowest BCUT2D eigenvalue weighted by molar-refractivity contribution is -0.149. The molecular weight excluding hydrogens is 396 g/mol. The second kappa shape index (κ2) is 10.1. The van der Waals surface area contributed by atoms with Crippen molar-refractivity contribution in [3.63, 3.8) is 0 Å². The number of ether oxygens (including phenoxy) is 2. The second-order valence-electron chi connectivity index (χ2n) is 5.84. The van der Waals surface area contributed by atoms with Crippen LogP contribution in [0.5, 0.6) is 5.75 Å². The van der Waals surface area contributed by atoms with Crippen molar-refractivity contribution in [3.8, 4) is 5.75 Å². The molecule has 2 aromatic rings. The highest BCUT2D eigenvalue weighted by atomic mass is 79.9. The summed E-state index contributed by atoms with van der Waals surface area (Å²) in [5.41, 5.74) is 3.21. The second-order valence-corrected chi connectivity index (χ2v) is 6.75. The van der Waals surface area contributed by atoms with Gasteiger partial charge in [0.2, 0.25) is 0 Å². The summed E-state index contributed by atoms with van der Waals surface area (Å²) in [5.74, 6) is -0.197. The van der Waals surface area contributed by atoms with E-state index in [0.29, 0.717) is 19.6 Å². The van der Waals surface area contributed by atoms with Crippen LogP contribution in [0.25, 0.3) is 5.57 Å². The van der Waals surface area contributed by atoms with E-state index in [9.17, 15) is 4.79 Å². The zero-order chi connectivity index (χ0) is 18.9. The minimum atomic E-state index is -0.944.